The fourth-order valence-electron chi connectivity index (χ4n) is 1.77. The van der Waals surface area contributed by atoms with Crippen LogP contribution in [0.15, 0.2) is 48.5 Å². The molecule has 0 aliphatic carbocycles. The second kappa shape index (κ2) is 4.50. The minimum atomic E-state index is 0.790. The summed E-state index contributed by atoms with van der Waals surface area (Å²) in [5.41, 5.74) is 3.84. The zero-order valence-corrected chi connectivity index (χ0v) is 9.46. The van der Waals surface area contributed by atoms with Gasteiger partial charge in [0.25, 0.3) is 0 Å². The number of halogens is 1. The summed E-state index contributed by atoms with van der Waals surface area (Å²) in [5, 5.41) is 0.790. The SMILES string of the molecule is CCc1ccccc1-c1cccc(Cl)c1. The quantitative estimate of drug-likeness (QED) is 0.690. The summed E-state index contributed by atoms with van der Waals surface area (Å²) < 4.78 is 0. The van der Waals surface area contributed by atoms with Gasteiger partial charge in [0.15, 0.2) is 0 Å². The molecule has 0 aliphatic heterocycles. The van der Waals surface area contributed by atoms with Crippen molar-refractivity contribution in [2.45, 2.75) is 13.3 Å². The third-order valence-corrected chi connectivity index (χ3v) is 2.77. The maximum Gasteiger partial charge on any atom is 0.0412 e. The third kappa shape index (κ3) is 2.21. The van der Waals surface area contributed by atoms with Crippen LogP contribution in [0.4, 0.5) is 0 Å². The van der Waals surface area contributed by atoms with Crippen LogP contribution in [0.2, 0.25) is 5.02 Å². The Labute approximate surface area is 95.5 Å². The van der Waals surface area contributed by atoms with Gasteiger partial charge < -0.3 is 0 Å². The highest BCUT2D eigenvalue weighted by Crippen LogP contribution is 2.26. The smallest absolute Gasteiger partial charge is 0.0412 e. The molecular formula is C14H13Cl. The minimum absolute atomic E-state index is 0.790. The normalized spacial score (nSPS) is 10.3. The molecule has 0 saturated heterocycles. The van der Waals surface area contributed by atoms with Crippen LogP contribution in [0, 0.1) is 0 Å². The molecule has 0 heterocycles. The van der Waals surface area contributed by atoms with E-state index in [4.69, 9.17) is 11.6 Å². The van der Waals surface area contributed by atoms with E-state index in [0.717, 1.165) is 11.4 Å². The molecule has 2 aromatic carbocycles. The summed E-state index contributed by atoms with van der Waals surface area (Å²) >= 11 is 5.99. The lowest BCUT2D eigenvalue weighted by molar-refractivity contribution is 1.14. The summed E-state index contributed by atoms with van der Waals surface area (Å²) in [5.74, 6) is 0. The molecule has 0 saturated carbocycles. The molecule has 15 heavy (non-hydrogen) atoms. The molecule has 76 valence electrons. The van der Waals surface area contributed by atoms with Crippen molar-refractivity contribution in [3.8, 4) is 11.1 Å². The van der Waals surface area contributed by atoms with Crippen molar-refractivity contribution in [1.29, 1.82) is 0 Å². The van der Waals surface area contributed by atoms with Crippen molar-refractivity contribution in [2.24, 2.45) is 0 Å². The van der Waals surface area contributed by atoms with Gasteiger partial charge in [-0.2, -0.15) is 0 Å². The van der Waals surface area contributed by atoms with Gasteiger partial charge in [-0.25, -0.2) is 0 Å². The fraction of sp³-hybridized carbons (Fsp3) is 0.143. The van der Waals surface area contributed by atoms with Gasteiger partial charge in [0.1, 0.15) is 0 Å². The maximum atomic E-state index is 5.99. The van der Waals surface area contributed by atoms with Gasteiger partial charge >= 0.3 is 0 Å². The molecule has 0 aromatic heterocycles. The predicted octanol–water partition coefficient (Wildman–Crippen LogP) is 4.57. The highest BCUT2D eigenvalue weighted by Gasteiger charge is 2.02. The standard InChI is InChI=1S/C14H13Cl/c1-2-11-6-3-4-9-14(11)12-7-5-8-13(15)10-12/h3-10H,2H2,1H3. The van der Waals surface area contributed by atoms with Gasteiger partial charge in [-0.1, -0.05) is 54.9 Å². The molecule has 1 heteroatoms. The predicted molar refractivity (Wildman–Crippen MR) is 66.3 cm³/mol. The molecule has 0 amide bonds. The Hall–Kier alpha value is -1.27. The van der Waals surface area contributed by atoms with Gasteiger partial charge in [0, 0.05) is 5.02 Å². The molecule has 0 bridgehead atoms. The van der Waals surface area contributed by atoms with Crippen LogP contribution in [0.5, 0.6) is 0 Å². The van der Waals surface area contributed by atoms with Crippen molar-refractivity contribution in [3.63, 3.8) is 0 Å². The van der Waals surface area contributed by atoms with Crippen LogP contribution >= 0.6 is 11.6 Å². The molecule has 2 rings (SSSR count). The number of hydrogen-bond donors (Lipinski definition) is 0. The van der Waals surface area contributed by atoms with E-state index < -0.39 is 0 Å². The Morgan fingerprint density at radius 3 is 2.53 bits per heavy atom. The highest BCUT2D eigenvalue weighted by atomic mass is 35.5. The van der Waals surface area contributed by atoms with Gasteiger partial charge in [-0.3, -0.25) is 0 Å². The summed E-state index contributed by atoms with van der Waals surface area (Å²) in [6.45, 7) is 2.17. The molecular weight excluding hydrogens is 204 g/mol. The molecule has 0 aliphatic rings. The van der Waals surface area contributed by atoms with Crippen molar-refractivity contribution in [2.75, 3.05) is 0 Å². The minimum Gasteiger partial charge on any atom is -0.0843 e. The van der Waals surface area contributed by atoms with Crippen LogP contribution in [0.1, 0.15) is 12.5 Å². The Kier molecular flexibility index (Phi) is 3.08. The second-order valence-corrected chi connectivity index (χ2v) is 3.96. The van der Waals surface area contributed by atoms with Crippen molar-refractivity contribution >= 4 is 11.6 Å². The lowest BCUT2D eigenvalue weighted by atomic mass is 9.98. The Bertz CT molecular complexity index is 460. The Morgan fingerprint density at radius 2 is 1.80 bits per heavy atom. The van der Waals surface area contributed by atoms with Crippen LogP contribution in [-0.2, 0) is 6.42 Å². The van der Waals surface area contributed by atoms with Crippen LogP contribution in [0.25, 0.3) is 11.1 Å². The molecule has 2 aromatic rings. The van der Waals surface area contributed by atoms with Crippen molar-refractivity contribution in [1.82, 2.24) is 0 Å². The lowest BCUT2D eigenvalue weighted by Gasteiger charge is -2.07. The van der Waals surface area contributed by atoms with Gasteiger partial charge in [0.05, 0.1) is 0 Å². The first-order valence-corrected chi connectivity index (χ1v) is 5.53. The number of benzene rings is 2. The summed E-state index contributed by atoms with van der Waals surface area (Å²) in [6, 6.07) is 16.4. The largest absolute Gasteiger partial charge is 0.0843 e. The first-order valence-electron chi connectivity index (χ1n) is 5.15. The molecule has 0 N–H and O–H groups in total. The van der Waals surface area contributed by atoms with E-state index in [1.165, 1.54) is 16.7 Å². The third-order valence-electron chi connectivity index (χ3n) is 2.53. The van der Waals surface area contributed by atoms with Gasteiger partial charge in [-0.15, -0.1) is 0 Å². The average molecular weight is 217 g/mol. The van der Waals surface area contributed by atoms with E-state index >= 15 is 0 Å². The van der Waals surface area contributed by atoms with Crippen LogP contribution < -0.4 is 0 Å². The van der Waals surface area contributed by atoms with E-state index in [2.05, 4.69) is 37.3 Å². The number of aryl methyl sites for hydroxylation is 1. The zero-order valence-electron chi connectivity index (χ0n) is 8.70. The van der Waals surface area contributed by atoms with Crippen LogP contribution in [0.3, 0.4) is 0 Å². The van der Waals surface area contributed by atoms with Crippen molar-refractivity contribution in [3.05, 3.63) is 59.1 Å². The molecule has 0 radical (unpaired) electrons. The summed E-state index contributed by atoms with van der Waals surface area (Å²) in [4.78, 5) is 0. The van der Waals surface area contributed by atoms with E-state index in [1.807, 2.05) is 18.2 Å². The first-order chi connectivity index (χ1) is 7.31. The van der Waals surface area contributed by atoms with Crippen molar-refractivity contribution < 1.29 is 0 Å². The van der Waals surface area contributed by atoms with E-state index in [-0.39, 0.29) is 0 Å². The molecule has 0 fully saturated rings. The van der Waals surface area contributed by atoms with E-state index in [0.29, 0.717) is 0 Å². The van der Waals surface area contributed by atoms with Gasteiger partial charge in [-0.05, 0) is 35.2 Å². The molecule has 0 atom stereocenters. The average Bonchev–Trinajstić information content (AvgIpc) is 2.29. The molecule has 0 nitrogen and oxygen atoms in total. The maximum absolute atomic E-state index is 5.99. The Morgan fingerprint density at radius 1 is 1.00 bits per heavy atom. The van der Waals surface area contributed by atoms with Crippen LogP contribution in [-0.4, -0.2) is 0 Å². The van der Waals surface area contributed by atoms with E-state index in [1.54, 1.807) is 0 Å². The zero-order chi connectivity index (χ0) is 10.7. The van der Waals surface area contributed by atoms with Gasteiger partial charge in [0.2, 0.25) is 0 Å². The molecule has 0 spiro atoms. The summed E-state index contributed by atoms with van der Waals surface area (Å²) in [6.07, 6.45) is 1.04. The fourth-order valence-corrected chi connectivity index (χ4v) is 1.96. The number of hydrogen-bond acceptors (Lipinski definition) is 0. The first kappa shape index (κ1) is 10.3. The second-order valence-electron chi connectivity index (χ2n) is 3.52. The summed E-state index contributed by atoms with van der Waals surface area (Å²) in [7, 11) is 0. The topological polar surface area (TPSA) is 0 Å². The Balaban J connectivity index is 2.53. The van der Waals surface area contributed by atoms with E-state index in [9.17, 15) is 0 Å². The monoisotopic (exact) mass is 216 g/mol. The number of rotatable bonds is 2. The lowest BCUT2D eigenvalue weighted by Crippen LogP contribution is -1.86. The molecule has 0 unspecified atom stereocenters. The highest BCUT2D eigenvalue weighted by molar-refractivity contribution is 6.30.